The maximum Gasteiger partial charge on any atom is 0.488 e. The molecule has 0 radical (unpaired) electrons. The molecule has 112 valence electrons. The first-order valence-corrected chi connectivity index (χ1v) is 7.58. The lowest BCUT2D eigenvalue weighted by Gasteiger charge is -2.13. The van der Waals surface area contributed by atoms with Gasteiger partial charge in [0.1, 0.15) is 5.75 Å². The topological polar surface area (TPSA) is 49.7 Å². The number of rotatable bonds is 9. The van der Waals surface area contributed by atoms with E-state index in [9.17, 15) is 0 Å². The molecule has 0 aliphatic rings. The van der Waals surface area contributed by atoms with Crippen LogP contribution in [0.1, 0.15) is 46.5 Å². The molecule has 0 saturated heterocycles. The maximum absolute atomic E-state index is 9.00. The van der Waals surface area contributed by atoms with E-state index in [0.29, 0.717) is 18.0 Å². The fourth-order valence-electron chi connectivity index (χ4n) is 2.13. The highest BCUT2D eigenvalue weighted by Crippen LogP contribution is 2.16. The summed E-state index contributed by atoms with van der Waals surface area (Å²) in [7, 11) is -1.41. The fourth-order valence-corrected chi connectivity index (χ4v) is 2.13. The van der Waals surface area contributed by atoms with Crippen LogP contribution in [0, 0.1) is 11.8 Å². The van der Waals surface area contributed by atoms with Gasteiger partial charge >= 0.3 is 7.12 Å². The Bertz CT molecular complexity index is 362. The van der Waals surface area contributed by atoms with Crippen LogP contribution in [0.4, 0.5) is 0 Å². The van der Waals surface area contributed by atoms with Crippen LogP contribution in [0.15, 0.2) is 24.3 Å². The lowest BCUT2D eigenvalue weighted by Crippen LogP contribution is -2.29. The van der Waals surface area contributed by atoms with E-state index in [2.05, 4.69) is 20.8 Å². The monoisotopic (exact) mass is 278 g/mol. The van der Waals surface area contributed by atoms with Crippen LogP contribution >= 0.6 is 0 Å². The van der Waals surface area contributed by atoms with Gasteiger partial charge in [0.15, 0.2) is 0 Å². The first kappa shape index (κ1) is 17.1. The maximum atomic E-state index is 9.00. The Hall–Kier alpha value is -0.995. The molecule has 0 unspecified atom stereocenters. The van der Waals surface area contributed by atoms with Crippen LogP contribution in [0.5, 0.6) is 5.75 Å². The van der Waals surface area contributed by atoms with Crippen LogP contribution < -0.4 is 10.2 Å². The zero-order valence-corrected chi connectivity index (χ0v) is 12.9. The Morgan fingerprint density at radius 3 is 2.20 bits per heavy atom. The molecule has 0 aromatic heterocycles. The molecule has 2 N–H and O–H groups in total. The molecule has 0 spiro atoms. The molecule has 0 amide bonds. The smallest absolute Gasteiger partial charge is 0.488 e. The van der Waals surface area contributed by atoms with Gasteiger partial charge in [-0.15, -0.1) is 0 Å². The van der Waals surface area contributed by atoms with E-state index in [1.54, 1.807) is 24.3 Å². The van der Waals surface area contributed by atoms with Gasteiger partial charge in [-0.25, -0.2) is 0 Å². The molecule has 3 nitrogen and oxygen atoms in total. The Morgan fingerprint density at radius 2 is 1.65 bits per heavy atom. The molecular weight excluding hydrogens is 251 g/mol. The second-order valence-corrected chi connectivity index (χ2v) is 6.01. The van der Waals surface area contributed by atoms with Crippen molar-refractivity contribution in [2.45, 2.75) is 46.5 Å². The van der Waals surface area contributed by atoms with E-state index in [1.807, 2.05) is 0 Å². The van der Waals surface area contributed by atoms with Gasteiger partial charge in [0.25, 0.3) is 0 Å². The molecule has 0 aliphatic carbocycles. The summed E-state index contributed by atoms with van der Waals surface area (Å²) in [5, 5.41) is 18.0. The van der Waals surface area contributed by atoms with Crippen LogP contribution in [0.2, 0.25) is 0 Å². The summed E-state index contributed by atoms with van der Waals surface area (Å²) in [4.78, 5) is 0. The Balaban J connectivity index is 2.19. The minimum absolute atomic E-state index is 0.486. The predicted molar refractivity (Wildman–Crippen MR) is 84.2 cm³/mol. The van der Waals surface area contributed by atoms with Crippen molar-refractivity contribution in [3.05, 3.63) is 24.3 Å². The summed E-state index contributed by atoms with van der Waals surface area (Å²) in [6.45, 7) is 7.51. The van der Waals surface area contributed by atoms with Crippen LogP contribution in [0.3, 0.4) is 0 Å². The SMILES string of the molecule is CC(C)CCC[C@@H](C)CCOc1ccc(B(O)O)cc1. The Labute approximate surface area is 123 Å². The van der Waals surface area contributed by atoms with Crippen molar-refractivity contribution in [2.75, 3.05) is 6.61 Å². The van der Waals surface area contributed by atoms with Crippen LogP contribution in [0.25, 0.3) is 0 Å². The third kappa shape index (κ3) is 6.97. The summed E-state index contributed by atoms with van der Waals surface area (Å²) >= 11 is 0. The third-order valence-corrected chi connectivity index (χ3v) is 3.54. The molecule has 1 rings (SSSR count). The summed E-state index contributed by atoms with van der Waals surface area (Å²) < 4.78 is 5.68. The quantitative estimate of drug-likeness (QED) is 0.683. The number of ether oxygens (including phenoxy) is 1. The normalized spacial score (nSPS) is 12.5. The van der Waals surface area contributed by atoms with Crippen LogP contribution in [-0.2, 0) is 0 Å². The number of hydrogen-bond acceptors (Lipinski definition) is 3. The summed E-state index contributed by atoms with van der Waals surface area (Å²) in [5.41, 5.74) is 0.486. The molecule has 0 fully saturated rings. The summed E-state index contributed by atoms with van der Waals surface area (Å²) in [5.74, 6) is 2.26. The highest BCUT2D eigenvalue weighted by molar-refractivity contribution is 6.58. The average Bonchev–Trinajstić information content (AvgIpc) is 2.39. The predicted octanol–water partition coefficient (Wildman–Crippen LogP) is 2.60. The van der Waals surface area contributed by atoms with E-state index < -0.39 is 7.12 Å². The third-order valence-electron chi connectivity index (χ3n) is 3.54. The Morgan fingerprint density at radius 1 is 1.00 bits per heavy atom. The highest BCUT2D eigenvalue weighted by Gasteiger charge is 2.10. The summed E-state index contributed by atoms with van der Waals surface area (Å²) in [6.07, 6.45) is 4.91. The van der Waals surface area contributed by atoms with E-state index in [1.165, 1.54) is 19.3 Å². The molecule has 0 aliphatic heterocycles. The van der Waals surface area contributed by atoms with Gasteiger partial charge < -0.3 is 14.8 Å². The minimum Gasteiger partial charge on any atom is -0.494 e. The zero-order chi connectivity index (χ0) is 15.0. The van der Waals surface area contributed by atoms with Gasteiger partial charge in [0, 0.05) is 0 Å². The van der Waals surface area contributed by atoms with Crippen molar-refractivity contribution in [3.8, 4) is 5.75 Å². The van der Waals surface area contributed by atoms with Gasteiger partial charge in [-0.3, -0.25) is 0 Å². The fraction of sp³-hybridized carbons (Fsp3) is 0.625. The molecule has 0 bridgehead atoms. The largest absolute Gasteiger partial charge is 0.494 e. The van der Waals surface area contributed by atoms with Crippen LogP contribution in [-0.4, -0.2) is 23.8 Å². The average molecular weight is 278 g/mol. The second-order valence-electron chi connectivity index (χ2n) is 6.01. The van der Waals surface area contributed by atoms with Crippen molar-refractivity contribution >= 4 is 12.6 Å². The molecular formula is C16H27BO3. The van der Waals surface area contributed by atoms with Gasteiger partial charge in [-0.05, 0) is 35.9 Å². The lowest BCUT2D eigenvalue weighted by molar-refractivity contribution is 0.276. The molecule has 0 saturated carbocycles. The van der Waals surface area contributed by atoms with Gasteiger partial charge in [0.05, 0.1) is 6.61 Å². The first-order chi connectivity index (χ1) is 9.49. The van der Waals surface area contributed by atoms with E-state index in [-0.39, 0.29) is 0 Å². The van der Waals surface area contributed by atoms with E-state index in [0.717, 1.165) is 18.1 Å². The molecule has 1 aromatic rings. The number of hydrogen-bond donors (Lipinski definition) is 2. The van der Waals surface area contributed by atoms with E-state index >= 15 is 0 Å². The summed E-state index contributed by atoms with van der Waals surface area (Å²) in [6, 6.07) is 6.90. The van der Waals surface area contributed by atoms with Gasteiger partial charge in [-0.2, -0.15) is 0 Å². The van der Waals surface area contributed by atoms with Gasteiger partial charge in [-0.1, -0.05) is 52.2 Å². The minimum atomic E-state index is -1.41. The molecule has 20 heavy (non-hydrogen) atoms. The lowest BCUT2D eigenvalue weighted by atomic mass is 9.80. The van der Waals surface area contributed by atoms with Gasteiger partial charge in [0.2, 0.25) is 0 Å². The van der Waals surface area contributed by atoms with Crippen molar-refractivity contribution in [2.24, 2.45) is 11.8 Å². The molecule has 1 atom stereocenters. The van der Waals surface area contributed by atoms with E-state index in [4.69, 9.17) is 14.8 Å². The van der Waals surface area contributed by atoms with Crippen molar-refractivity contribution in [1.29, 1.82) is 0 Å². The molecule has 1 aromatic carbocycles. The number of benzene rings is 1. The zero-order valence-electron chi connectivity index (χ0n) is 12.9. The van der Waals surface area contributed by atoms with Crippen molar-refractivity contribution in [3.63, 3.8) is 0 Å². The Kier molecular flexibility index (Phi) is 7.71. The molecule has 0 heterocycles. The first-order valence-electron chi connectivity index (χ1n) is 7.58. The molecule has 4 heteroatoms. The van der Waals surface area contributed by atoms with Crippen molar-refractivity contribution in [1.82, 2.24) is 0 Å². The second kappa shape index (κ2) is 9.04. The highest BCUT2D eigenvalue weighted by atomic mass is 16.5. The standard InChI is InChI=1S/C16H27BO3/c1-13(2)5-4-6-14(3)11-12-20-16-9-7-15(8-10-16)17(18)19/h7-10,13-14,18-19H,4-6,11-12H2,1-3H3/t14-/m1/s1. The van der Waals surface area contributed by atoms with Crippen molar-refractivity contribution < 1.29 is 14.8 Å².